The molecule has 2 aromatic rings. The first kappa shape index (κ1) is 21.8. The molecule has 166 valence electrons. The van der Waals surface area contributed by atoms with Crippen LogP contribution in [0.4, 0.5) is 0 Å². The van der Waals surface area contributed by atoms with Gasteiger partial charge in [0.25, 0.3) is 0 Å². The number of hydrogen-bond acceptors (Lipinski definition) is 6. The second-order valence-corrected chi connectivity index (χ2v) is 8.55. The molecule has 9 heteroatoms. The van der Waals surface area contributed by atoms with E-state index in [1.54, 1.807) is 12.1 Å². The Morgan fingerprint density at radius 1 is 0.903 bits per heavy atom. The first-order chi connectivity index (χ1) is 15.1. The molecule has 2 aliphatic rings. The van der Waals surface area contributed by atoms with Crippen molar-refractivity contribution in [1.29, 1.82) is 0 Å². The van der Waals surface area contributed by atoms with Gasteiger partial charge in [0.15, 0.2) is 0 Å². The Labute approximate surface area is 187 Å². The van der Waals surface area contributed by atoms with Crippen molar-refractivity contribution < 1.29 is 14.1 Å². The highest BCUT2D eigenvalue weighted by molar-refractivity contribution is 6.30. The predicted molar refractivity (Wildman–Crippen MR) is 117 cm³/mol. The third kappa shape index (κ3) is 5.83. The van der Waals surface area contributed by atoms with Crippen LogP contribution >= 0.6 is 11.6 Å². The van der Waals surface area contributed by atoms with Gasteiger partial charge in [0.05, 0.1) is 6.54 Å². The number of nitrogens with zero attached hydrogens (tertiary/aromatic N) is 5. The van der Waals surface area contributed by atoms with Crippen LogP contribution in [0.5, 0.6) is 0 Å². The van der Waals surface area contributed by atoms with Gasteiger partial charge in [-0.3, -0.25) is 14.5 Å². The zero-order valence-electron chi connectivity index (χ0n) is 17.6. The number of rotatable bonds is 6. The Bertz CT molecular complexity index is 895. The van der Waals surface area contributed by atoms with Gasteiger partial charge in [0.1, 0.15) is 0 Å². The summed E-state index contributed by atoms with van der Waals surface area (Å²) in [5.74, 6) is 1.24. The summed E-state index contributed by atoms with van der Waals surface area (Å²) in [6, 6.07) is 7.22. The molecule has 2 saturated heterocycles. The predicted octanol–water partition coefficient (Wildman–Crippen LogP) is 2.48. The standard InChI is InChI=1S/C22H28ClN5O3/c23-18-6-4-17(5-7-18)22-24-19(31-25-22)8-9-20(29)28-13-3-10-26(14-15-28)16-21(30)27-11-1-2-12-27/h4-7H,1-3,8-16H2. The number of aryl methyl sites for hydroxylation is 1. The van der Waals surface area contributed by atoms with E-state index in [0.29, 0.717) is 49.2 Å². The molecule has 31 heavy (non-hydrogen) atoms. The smallest absolute Gasteiger partial charge is 0.236 e. The molecule has 8 nitrogen and oxygen atoms in total. The monoisotopic (exact) mass is 445 g/mol. The van der Waals surface area contributed by atoms with Crippen molar-refractivity contribution in [2.45, 2.75) is 32.1 Å². The van der Waals surface area contributed by atoms with E-state index in [2.05, 4.69) is 15.0 Å². The molecule has 1 aromatic heterocycles. The van der Waals surface area contributed by atoms with Gasteiger partial charge >= 0.3 is 0 Å². The minimum atomic E-state index is 0.0824. The minimum Gasteiger partial charge on any atom is -0.342 e. The van der Waals surface area contributed by atoms with Crippen LogP contribution in [-0.2, 0) is 16.0 Å². The van der Waals surface area contributed by atoms with Crippen molar-refractivity contribution in [2.24, 2.45) is 0 Å². The molecule has 2 aliphatic heterocycles. The van der Waals surface area contributed by atoms with Gasteiger partial charge in [0.2, 0.25) is 23.5 Å². The van der Waals surface area contributed by atoms with Crippen molar-refractivity contribution >= 4 is 23.4 Å². The van der Waals surface area contributed by atoms with Gasteiger partial charge in [0, 0.05) is 62.7 Å². The summed E-state index contributed by atoms with van der Waals surface area (Å²) >= 11 is 5.91. The highest BCUT2D eigenvalue weighted by Gasteiger charge is 2.24. The number of carbonyl (C=O) groups is 2. The molecule has 2 amide bonds. The number of likely N-dealkylation sites (tertiary alicyclic amines) is 1. The Morgan fingerprint density at radius 2 is 1.61 bits per heavy atom. The van der Waals surface area contributed by atoms with Crippen LogP contribution in [0.3, 0.4) is 0 Å². The molecule has 4 rings (SSSR count). The quantitative estimate of drug-likeness (QED) is 0.679. The van der Waals surface area contributed by atoms with E-state index in [-0.39, 0.29) is 11.8 Å². The maximum absolute atomic E-state index is 12.7. The first-order valence-corrected chi connectivity index (χ1v) is 11.3. The zero-order chi connectivity index (χ0) is 21.6. The Hall–Kier alpha value is -2.45. The number of benzene rings is 1. The number of carbonyl (C=O) groups excluding carboxylic acids is 2. The Kier molecular flexibility index (Phi) is 7.19. The lowest BCUT2D eigenvalue weighted by atomic mass is 10.2. The summed E-state index contributed by atoms with van der Waals surface area (Å²) in [6.07, 6.45) is 3.83. The largest absolute Gasteiger partial charge is 0.342 e. The van der Waals surface area contributed by atoms with E-state index >= 15 is 0 Å². The fourth-order valence-electron chi connectivity index (χ4n) is 4.08. The summed E-state index contributed by atoms with van der Waals surface area (Å²) in [7, 11) is 0. The average Bonchev–Trinajstić information content (AvgIpc) is 3.42. The third-order valence-corrected chi connectivity index (χ3v) is 6.13. The fourth-order valence-corrected chi connectivity index (χ4v) is 4.21. The highest BCUT2D eigenvalue weighted by Crippen LogP contribution is 2.19. The van der Waals surface area contributed by atoms with Crippen LogP contribution in [0.1, 0.15) is 31.6 Å². The van der Waals surface area contributed by atoms with E-state index in [1.807, 2.05) is 21.9 Å². The van der Waals surface area contributed by atoms with E-state index in [9.17, 15) is 9.59 Å². The second kappa shape index (κ2) is 10.2. The van der Waals surface area contributed by atoms with Gasteiger partial charge in [-0.1, -0.05) is 16.8 Å². The van der Waals surface area contributed by atoms with Gasteiger partial charge in [-0.2, -0.15) is 4.98 Å². The van der Waals surface area contributed by atoms with Crippen molar-refractivity contribution in [2.75, 3.05) is 45.8 Å². The molecule has 0 spiro atoms. The average molecular weight is 446 g/mol. The zero-order valence-corrected chi connectivity index (χ0v) is 18.4. The Balaban J connectivity index is 1.23. The van der Waals surface area contributed by atoms with Gasteiger partial charge in [-0.15, -0.1) is 0 Å². The first-order valence-electron chi connectivity index (χ1n) is 10.9. The van der Waals surface area contributed by atoms with Crippen molar-refractivity contribution in [3.05, 3.63) is 35.2 Å². The molecule has 0 N–H and O–H groups in total. The summed E-state index contributed by atoms with van der Waals surface area (Å²) in [6.45, 7) is 5.15. The molecule has 0 bridgehead atoms. The van der Waals surface area contributed by atoms with Crippen LogP contribution < -0.4 is 0 Å². The Morgan fingerprint density at radius 3 is 2.39 bits per heavy atom. The van der Waals surface area contributed by atoms with E-state index in [1.165, 1.54) is 0 Å². The summed E-state index contributed by atoms with van der Waals surface area (Å²) in [4.78, 5) is 35.5. The molecular formula is C22H28ClN5O3. The molecule has 0 atom stereocenters. The molecule has 2 fully saturated rings. The second-order valence-electron chi connectivity index (χ2n) is 8.12. The van der Waals surface area contributed by atoms with Crippen LogP contribution in [0.15, 0.2) is 28.8 Å². The maximum Gasteiger partial charge on any atom is 0.236 e. The third-order valence-electron chi connectivity index (χ3n) is 5.88. The lowest BCUT2D eigenvalue weighted by molar-refractivity contribution is -0.131. The van der Waals surface area contributed by atoms with Crippen LogP contribution in [-0.4, -0.2) is 82.5 Å². The van der Waals surface area contributed by atoms with E-state index in [0.717, 1.165) is 51.0 Å². The molecule has 1 aromatic carbocycles. The summed E-state index contributed by atoms with van der Waals surface area (Å²) in [5, 5.41) is 4.64. The van der Waals surface area contributed by atoms with Crippen molar-refractivity contribution in [3.8, 4) is 11.4 Å². The van der Waals surface area contributed by atoms with Gasteiger partial charge in [-0.05, 0) is 43.5 Å². The van der Waals surface area contributed by atoms with Crippen molar-refractivity contribution in [1.82, 2.24) is 24.8 Å². The van der Waals surface area contributed by atoms with Crippen LogP contribution in [0.25, 0.3) is 11.4 Å². The van der Waals surface area contributed by atoms with Crippen LogP contribution in [0.2, 0.25) is 5.02 Å². The minimum absolute atomic E-state index is 0.0824. The number of hydrogen-bond donors (Lipinski definition) is 0. The van der Waals surface area contributed by atoms with E-state index in [4.69, 9.17) is 16.1 Å². The fraction of sp³-hybridized carbons (Fsp3) is 0.545. The summed E-state index contributed by atoms with van der Waals surface area (Å²) < 4.78 is 5.31. The molecule has 3 heterocycles. The normalized spacial score (nSPS) is 17.7. The number of halogens is 1. The topological polar surface area (TPSA) is 82.8 Å². The number of amides is 2. The SMILES string of the molecule is O=C(CCc1nc(-c2ccc(Cl)cc2)no1)N1CCCN(CC(=O)N2CCCC2)CC1. The maximum atomic E-state index is 12.7. The van der Waals surface area contributed by atoms with Gasteiger partial charge < -0.3 is 14.3 Å². The molecule has 0 saturated carbocycles. The molecule has 0 radical (unpaired) electrons. The van der Waals surface area contributed by atoms with Crippen LogP contribution in [0, 0.1) is 0 Å². The van der Waals surface area contributed by atoms with Gasteiger partial charge in [-0.25, -0.2) is 0 Å². The molecule has 0 unspecified atom stereocenters. The lowest BCUT2D eigenvalue weighted by Gasteiger charge is -2.23. The van der Waals surface area contributed by atoms with E-state index < -0.39 is 0 Å². The lowest BCUT2D eigenvalue weighted by Crippen LogP contribution is -2.41. The highest BCUT2D eigenvalue weighted by atomic mass is 35.5. The summed E-state index contributed by atoms with van der Waals surface area (Å²) in [5.41, 5.74) is 0.821. The molecular weight excluding hydrogens is 418 g/mol. The molecule has 0 aliphatic carbocycles. The van der Waals surface area contributed by atoms with Crippen molar-refractivity contribution in [3.63, 3.8) is 0 Å². The number of aromatic nitrogens is 2.